The Bertz CT molecular complexity index is 662. The molecule has 0 saturated carbocycles. The van der Waals surface area contributed by atoms with E-state index in [1.54, 1.807) is 0 Å². The van der Waals surface area contributed by atoms with Gasteiger partial charge in [0.05, 0.1) is 6.26 Å². The highest BCUT2D eigenvalue weighted by molar-refractivity contribution is 7.88. The van der Waals surface area contributed by atoms with E-state index in [1.807, 2.05) is 0 Å². The van der Waals surface area contributed by atoms with Gasteiger partial charge in [-0.15, -0.1) is 0 Å². The third-order valence-corrected chi connectivity index (χ3v) is 3.02. The van der Waals surface area contributed by atoms with Gasteiger partial charge in [0, 0.05) is 0 Å². The van der Waals surface area contributed by atoms with E-state index in [-0.39, 0.29) is 0 Å². The van der Waals surface area contributed by atoms with E-state index in [4.69, 9.17) is 0 Å². The van der Waals surface area contributed by atoms with Crippen molar-refractivity contribution in [2.45, 2.75) is 5.51 Å². The third-order valence-electron chi connectivity index (χ3n) is 1.57. The maximum Gasteiger partial charge on any atom is 0.534 e. The topological polar surface area (TPSA) is 86.7 Å². The number of benzene rings is 1. The van der Waals surface area contributed by atoms with Crippen molar-refractivity contribution in [3.05, 3.63) is 24.3 Å². The van der Waals surface area contributed by atoms with Crippen LogP contribution in [0.2, 0.25) is 0 Å². The van der Waals surface area contributed by atoms with Crippen molar-refractivity contribution in [2.24, 2.45) is 0 Å². The van der Waals surface area contributed by atoms with E-state index < -0.39 is 37.2 Å². The smallest absolute Gasteiger partial charge is 0.379 e. The molecule has 108 valence electrons. The minimum atomic E-state index is -5.90. The first-order valence-corrected chi connectivity index (χ1v) is 7.64. The summed E-state index contributed by atoms with van der Waals surface area (Å²) in [5, 5.41) is 0. The number of alkyl halides is 3. The van der Waals surface area contributed by atoms with Crippen molar-refractivity contribution in [2.75, 3.05) is 6.26 Å². The van der Waals surface area contributed by atoms with Crippen LogP contribution in [-0.4, -0.2) is 28.6 Å². The van der Waals surface area contributed by atoms with Crippen molar-refractivity contribution in [1.82, 2.24) is 0 Å². The van der Waals surface area contributed by atoms with Crippen molar-refractivity contribution in [3.63, 3.8) is 0 Å². The number of halogens is 3. The summed E-state index contributed by atoms with van der Waals surface area (Å²) in [4.78, 5) is 0. The largest absolute Gasteiger partial charge is 0.534 e. The van der Waals surface area contributed by atoms with Crippen molar-refractivity contribution < 1.29 is 38.4 Å². The minimum absolute atomic E-state index is 0.641. The summed E-state index contributed by atoms with van der Waals surface area (Å²) in [5.41, 5.74) is -5.63. The lowest BCUT2D eigenvalue weighted by Crippen LogP contribution is -2.28. The Morgan fingerprint density at radius 3 is 1.74 bits per heavy atom. The quantitative estimate of drug-likeness (QED) is 0.613. The number of rotatable bonds is 4. The Morgan fingerprint density at radius 1 is 0.947 bits per heavy atom. The highest BCUT2D eigenvalue weighted by atomic mass is 32.2. The molecule has 11 heteroatoms. The van der Waals surface area contributed by atoms with Gasteiger partial charge in [-0.05, 0) is 12.1 Å². The van der Waals surface area contributed by atoms with Crippen LogP contribution >= 0.6 is 0 Å². The molecular weight excluding hydrogens is 313 g/mol. The van der Waals surface area contributed by atoms with Gasteiger partial charge in [0.1, 0.15) is 0 Å². The molecule has 1 rings (SSSR count). The zero-order chi connectivity index (χ0) is 14.9. The summed E-state index contributed by atoms with van der Waals surface area (Å²) in [5.74, 6) is -1.55. The zero-order valence-electron chi connectivity index (χ0n) is 9.21. The normalized spacial score (nSPS) is 13.1. The minimum Gasteiger partial charge on any atom is -0.379 e. The predicted octanol–water partition coefficient (Wildman–Crippen LogP) is 1.25. The molecule has 6 nitrogen and oxygen atoms in total. The molecule has 0 unspecified atom stereocenters. The average molecular weight is 320 g/mol. The second kappa shape index (κ2) is 4.89. The fourth-order valence-electron chi connectivity index (χ4n) is 0.916. The fraction of sp³-hybridized carbons (Fsp3) is 0.250. The molecule has 0 bridgehead atoms. The van der Waals surface area contributed by atoms with Gasteiger partial charge < -0.3 is 8.37 Å². The lowest BCUT2D eigenvalue weighted by molar-refractivity contribution is -0.0500. The SMILES string of the molecule is CS(=O)(=O)Oc1ccccc1OS(=O)(=O)C(F)(F)F. The first-order valence-electron chi connectivity index (χ1n) is 4.41. The summed E-state index contributed by atoms with van der Waals surface area (Å²) in [6, 6.07) is 4.15. The Hall–Kier alpha value is -1.49. The van der Waals surface area contributed by atoms with Crippen LogP contribution < -0.4 is 8.37 Å². The molecule has 0 spiro atoms. The summed E-state index contributed by atoms with van der Waals surface area (Å²) in [7, 11) is -9.95. The molecule has 0 aliphatic carbocycles. The van der Waals surface area contributed by atoms with Crippen LogP contribution in [0.4, 0.5) is 13.2 Å². The van der Waals surface area contributed by atoms with E-state index in [0.717, 1.165) is 18.2 Å². The number of hydrogen-bond acceptors (Lipinski definition) is 6. The third kappa shape index (κ3) is 4.28. The van der Waals surface area contributed by atoms with Crippen LogP contribution in [0.3, 0.4) is 0 Å². The summed E-state index contributed by atoms with van der Waals surface area (Å²) >= 11 is 0. The van der Waals surface area contributed by atoms with Crippen LogP contribution in [0.1, 0.15) is 0 Å². The van der Waals surface area contributed by atoms with Crippen molar-refractivity contribution in [1.29, 1.82) is 0 Å². The molecule has 0 heterocycles. The summed E-state index contributed by atoms with van der Waals surface area (Å²) < 4.78 is 87.8. The molecular formula is C8H7F3O6S2. The molecule has 19 heavy (non-hydrogen) atoms. The van der Waals surface area contributed by atoms with Crippen LogP contribution in [0.15, 0.2) is 24.3 Å². The van der Waals surface area contributed by atoms with Gasteiger partial charge >= 0.3 is 25.7 Å². The molecule has 0 atom stereocenters. The fourth-order valence-corrected chi connectivity index (χ4v) is 1.85. The van der Waals surface area contributed by atoms with Gasteiger partial charge in [-0.3, -0.25) is 0 Å². The van der Waals surface area contributed by atoms with Gasteiger partial charge in [-0.25, -0.2) is 0 Å². The lowest BCUT2D eigenvalue weighted by atomic mass is 10.3. The Kier molecular flexibility index (Phi) is 4.00. The van der Waals surface area contributed by atoms with Crippen LogP contribution in [0.25, 0.3) is 0 Å². The standard InChI is InChI=1S/C8H7F3O6S2/c1-18(12,13)16-6-4-2-3-5-7(6)17-19(14,15)8(9,10)11/h2-5H,1H3. The molecule has 0 radical (unpaired) electrons. The molecule has 0 saturated heterocycles. The van der Waals surface area contributed by atoms with Crippen LogP contribution in [0.5, 0.6) is 11.5 Å². The molecule has 0 aliphatic heterocycles. The lowest BCUT2D eigenvalue weighted by Gasteiger charge is -2.12. The first-order chi connectivity index (χ1) is 8.42. The van der Waals surface area contributed by atoms with E-state index in [2.05, 4.69) is 8.37 Å². The van der Waals surface area contributed by atoms with E-state index in [1.165, 1.54) is 6.07 Å². The van der Waals surface area contributed by atoms with Crippen molar-refractivity contribution in [3.8, 4) is 11.5 Å². The van der Waals surface area contributed by atoms with Gasteiger partial charge in [0.25, 0.3) is 0 Å². The molecule has 0 fully saturated rings. The van der Waals surface area contributed by atoms with E-state index >= 15 is 0 Å². The van der Waals surface area contributed by atoms with E-state index in [0.29, 0.717) is 6.26 Å². The van der Waals surface area contributed by atoms with Gasteiger partial charge in [0.15, 0.2) is 11.5 Å². The molecule has 0 amide bonds. The van der Waals surface area contributed by atoms with Crippen LogP contribution in [0, 0.1) is 0 Å². The van der Waals surface area contributed by atoms with Gasteiger partial charge in [-0.2, -0.15) is 30.0 Å². The Morgan fingerprint density at radius 2 is 1.37 bits per heavy atom. The van der Waals surface area contributed by atoms with Crippen molar-refractivity contribution >= 4 is 20.2 Å². The van der Waals surface area contributed by atoms with Crippen LogP contribution in [-0.2, 0) is 20.2 Å². The second-order valence-corrected chi connectivity index (χ2v) is 6.33. The zero-order valence-corrected chi connectivity index (χ0v) is 10.8. The van der Waals surface area contributed by atoms with Gasteiger partial charge in [-0.1, -0.05) is 12.1 Å². The van der Waals surface area contributed by atoms with Gasteiger partial charge in [0.2, 0.25) is 0 Å². The Balaban J connectivity index is 3.17. The Labute approximate surface area is 107 Å². The molecule has 1 aromatic carbocycles. The maximum atomic E-state index is 12.1. The highest BCUT2D eigenvalue weighted by Crippen LogP contribution is 2.33. The predicted molar refractivity (Wildman–Crippen MR) is 57.5 cm³/mol. The molecule has 1 aromatic rings. The molecule has 0 N–H and O–H groups in total. The monoisotopic (exact) mass is 320 g/mol. The summed E-state index contributed by atoms with van der Waals surface area (Å²) in [6.45, 7) is 0. The molecule has 0 aromatic heterocycles. The summed E-state index contributed by atoms with van der Waals surface area (Å²) in [6.07, 6.45) is 0.641. The second-order valence-electron chi connectivity index (χ2n) is 3.22. The maximum absolute atomic E-state index is 12.1. The molecule has 0 aliphatic rings. The number of para-hydroxylation sites is 2. The first kappa shape index (κ1) is 15.6. The average Bonchev–Trinajstić information content (AvgIpc) is 2.16. The number of hydrogen-bond donors (Lipinski definition) is 0. The highest BCUT2D eigenvalue weighted by Gasteiger charge is 2.49. The van der Waals surface area contributed by atoms with E-state index in [9.17, 15) is 30.0 Å².